The van der Waals surface area contributed by atoms with Crippen LogP contribution >= 0.6 is 0 Å². The van der Waals surface area contributed by atoms with Crippen molar-refractivity contribution < 1.29 is 13.7 Å². The van der Waals surface area contributed by atoms with E-state index in [-0.39, 0.29) is 23.7 Å². The molecule has 168 valence electrons. The maximum Gasteiger partial charge on any atom is 0.263 e. The van der Waals surface area contributed by atoms with Gasteiger partial charge in [-0.2, -0.15) is 4.98 Å². The second-order valence-electron chi connectivity index (χ2n) is 8.32. The lowest BCUT2D eigenvalue weighted by atomic mass is 9.95. The second-order valence-corrected chi connectivity index (χ2v) is 8.32. The first-order valence-electron chi connectivity index (χ1n) is 11.1. The molecule has 1 atom stereocenters. The number of rotatable bonds is 5. The van der Waals surface area contributed by atoms with Gasteiger partial charge in [0.05, 0.1) is 6.04 Å². The minimum absolute atomic E-state index is 0.0379. The molecule has 0 aliphatic carbocycles. The van der Waals surface area contributed by atoms with Crippen LogP contribution in [0.2, 0.25) is 0 Å². The quantitative estimate of drug-likeness (QED) is 0.486. The molecule has 7 nitrogen and oxygen atoms in total. The van der Waals surface area contributed by atoms with Gasteiger partial charge in [-0.1, -0.05) is 47.6 Å². The van der Waals surface area contributed by atoms with Gasteiger partial charge in [-0.25, -0.2) is 9.37 Å². The molecule has 1 unspecified atom stereocenters. The van der Waals surface area contributed by atoms with E-state index in [0.29, 0.717) is 54.1 Å². The van der Waals surface area contributed by atoms with Gasteiger partial charge in [0.25, 0.3) is 5.71 Å². The van der Waals surface area contributed by atoms with Gasteiger partial charge in [0.1, 0.15) is 29.0 Å². The number of benzene rings is 2. The first kappa shape index (κ1) is 21.1. The standard InChI is InChI=1S/C25H24FN5O2/c1-16(17-6-3-2-4-7-17)29-24(32)18-10-12-31(13-11-18)23-21-22(19-8-5-9-20(26)14-19)30-33-25(21)28-15-27-23/h2-9,14-16,18H,10-13H2,1H3,(H,29,32). The summed E-state index contributed by atoms with van der Waals surface area (Å²) in [6.45, 7) is 3.33. The van der Waals surface area contributed by atoms with Gasteiger partial charge in [0, 0.05) is 24.6 Å². The molecule has 0 saturated carbocycles. The summed E-state index contributed by atoms with van der Waals surface area (Å²) in [5, 5.41) is 7.93. The van der Waals surface area contributed by atoms with Crippen molar-refractivity contribution in [2.24, 2.45) is 5.92 Å². The molecule has 0 spiro atoms. The van der Waals surface area contributed by atoms with E-state index in [9.17, 15) is 9.18 Å². The molecule has 1 saturated heterocycles. The second kappa shape index (κ2) is 8.97. The third-order valence-electron chi connectivity index (χ3n) is 6.17. The highest BCUT2D eigenvalue weighted by Gasteiger charge is 2.29. The Balaban J connectivity index is 1.32. The van der Waals surface area contributed by atoms with Crippen LogP contribution < -0.4 is 10.2 Å². The van der Waals surface area contributed by atoms with Gasteiger partial charge >= 0.3 is 0 Å². The summed E-state index contributed by atoms with van der Waals surface area (Å²) in [5.74, 6) is 0.356. The van der Waals surface area contributed by atoms with Gasteiger partial charge in [0.15, 0.2) is 0 Å². The lowest BCUT2D eigenvalue weighted by Gasteiger charge is -2.32. The molecule has 33 heavy (non-hydrogen) atoms. The highest BCUT2D eigenvalue weighted by Crippen LogP contribution is 2.35. The van der Waals surface area contributed by atoms with Crippen molar-refractivity contribution in [1.82, 2.24) is 20.4 Å². The summed E-state index contributed by atoms with van der Waals surface area (Å²) in [6, 6.07) is 16.1. The van der Waals surface area contributed by atoms with Crippen molar-refractivity contribution in [1.29, 1.82) is 0 Å². The van der Waals surface area contributed by atoms with Crippen molar-refractivity contribution >= 4 is 22.8 Å². The average molecular weight is 445 g/mol. The number of nitrogens with zero attached hydrogens (tertiary/aromatic N) is 4. The maximum atomic E-state index is 13.8. The summed E-state index contributed by atoms with van der Waals surface area (Å²) in [7, 11) is 0. The highest BCUT2D eigenvalue weighted by atomic mass is 19.1. The molecule has 4 aromatic rings. The van der Waals surface area contributed by atoms with E-state index in [2.05, 4.69) is 25.3 Å². The Kier molecular flexibility index (Phi) is 5.73. The normalized spacial score (nSPS) is 15.5. The molecule has 1 amide bonds. The monoisotopic (exact) mass is 445 g/mol. The zero-order valence-corrected chi connectivity index (χ0v) is 18.2. The summed E-state index contributed by atoms with van der Waals surface area (Å²) >= 11 is 0. The molecular weight excluding hydrogens is 421 g/mol. The molecule has 1 fully saturated rings. The molecule has 2 aromatic carbocycles. The highest BCUT2D eigenvalue weighted by molar-refractivity contribution is 5.98. The van der Waals surface area contributed by atoms with Crippen LogP contribution in [0.15, 0.2) is 65.4 Å². The first-order chi connectivity index (χ1) is 16.1. The molecule has 1 aliphatic rings. The average Bonchev–Trinajstić information content (AvgIpc) is 3.29. The van der Waals surface area contributed by atoms with Crippen molar-refractivity contribution in [2.45, 2.75) is 25.8 Å². The molecule has 5 rings (SSSR count). The van der Waals surface area contributed by atoms with Crippen molar-refractivity contribution in [2.75, 3.05) is 18.0 Å². The number of piperidine rings is 1. The Bertz CT molecular complexity index is 1270. The third-order valence-corrected chi connectivity index (χ3v) is 6.17. The van der Waals surface area contributed by atoms with Crippen LogP contribution in [0.1, 0.15) is 31.4 Å². The van der Waals surface area contributed by atoms with Crippen molar-refractivity contribution in [3.63, 3.8) is 0 Å². The number of fused-ring (bicyclic) bond motifs is 1. The summed E-state index contributed by atoms with van der Waals surface area (Å²) in [5.41, 5.74) is 2.56. The van der Waals surface area contributed by atoms with E-state index < -0.39 is 0 Å². The van der Waals surface area contributed by atoms with Crippen LogP contribution in [-0.2, 0) is 4.79 Å². The Labute approximate surface area is 190 Å². The van der Waals surface area contributed by atoms with E-state index in [1.165, 1.54) is 18.5 Å². The summed E-state index contributed by atoms with van der Waals surface area (Å²) < 4.78 is 19.2. The van der Waals surface area contributed by atoms with Gasteiger partial charge in [0.2, 0.25) is 5.91 Å². The van der Waals surface area contributed by atoms with Crippen LogP contribution in [0, 0.1) is 11.7 Å². The zero-order chi connectivity index (χ0) is 22.8. The fourth-order valence-corrected chi connectivity index (χ4v) is 4.35. The Hall–Kier alpha value is -3.81. The minimum atomic E-state index is -0.349. The number of aromatic nitrogens is 3. The molecule has 1 aliphatic heterocycles. The number of hydrogen-bond acceptors (Lipinski definition) is 6. The number of carbonyl (C=O) groups is 1. The molecule has 1 N–H and O–H groups in total. The van der Waals surface area contributed by atoms with Gasteiger partial charge in [-0.3, -0.25) is 4.79 Å². The van der Waals surface area contributed by atoms with Gasteiger partial charge in [-0.05, 0) is 37.5 Å². The molecule has 8 heteroatoms. The van der Waals surface area contributed by atoms with Crippen molar-refractivity contribution in [3.05, 3.63) is 72.3 Å². The topological polar surface area (TPSA) is 84.2 Å². The van der Waals surface area contributed by atoms with E-state index in [1.807, 2.05) is 37.3 Å². The van der Waals surface area contributed by atoms with Crippen molar-refractivity contribution in [3.8, 4) is 11.3 Å². The zero-order valence-electron chi connectivity index (χ0n) is 18.2. The van der Waals surface area contributed by atoms with E-state index in [4.69, 9.17) is 4.52 Å². The van der Waals surface area contributed by atoms with Crippen LogP contribution in [0.25, 0.3) is 22.4 Å². The fraction of sp³-hybridized carbons (Fsp3) is 0.280. The first-order valence-corrected chi connectivity index (χ1v) is 11.1. The summed E-state index contributed by atoms with van der Waals surface area (Å²) in [6.07, 6.45) is 2.86. The molecular formula is C25H24FN5O2. The maximum absolute atomic E-state index is 13.8. The lowest BCUT2D eigenvalue weighted by Crippen LogP contribution is -2.41. The number of anilines is 1. The number of halogens is 1. The fourth-order valence-electron chi connectivity index (χ4n) is 4.35. The molecule has 3 heterocycles. The summed E-state index contributed by atoms with van der Waals surface area (Å²) in [4.78, 5) is 23.6. The van der Waals surface area contributed by atoms with Crippen LogP contribution in [0.4, 0.5) is 10.2 Å². The molecule has 0 bridgehead atoms. The molecule has 2 aromatic heterocycles. The predicted octanol–water partition coefficient (Wildman–Crippen LogP) is 4.52. The van der Waals surface area contributed by atoms with E-state index >= 15 is 0 Å². The SMILES string of the molecule is CC(NC(=O)C1CCN(c2ncnc3onc(-c4cccc(F)c4)c23)CC1)c1ccccc1. The van der Waals surface area contributed by atoms with Gasteiger partial charge in [-0.15, -0.1) is 0 Å². The number of carbonyl (C=O) groups excluding carboxylic acids is 1. The number of hydrogen-bond donors (Lipinski definition) is 1. The lowest BCUT2D eigenvalue weighted by molar-refractivity contribution is -0.126. The predicted molar refractivity (Wildman–Crippen MR) is 123 cm³/mol. The van der Waals surface area contributed by atoms with E-state index in [1.54, 1.807) is 12.1 Å². The third kappa shape index (κ3) is 4.28. The number of amides is 1. The van der Waals surface area contributed by atoms with E-state index in [0.717, 1.165) is 5.56 Å². The molecule has 0 radical (unpaired) electrons. The van der Waals surface area contributed by atoms with Gasteiger partial charge < -0.3 is 14.7 Å². The Morgan fingerprint density at radius 3 is 2.67 bits per heavy atom. The van der Waals surface area contributed by atoms with Crippen LogP contribution in [0.3, 0.4) is 0 Å². The smallest absolute Gasteiger partial charge is 0.263 e. The largest absolute Gasteiger partial charge is 0.356 e. The minimum Gasteiger partial charge on any atom is -0.356 e. The van der Waals surface area contributed by atoms with Crippen LogP contribution in [-0.4, -0.2) is 34.1 Å². The number of nitrogens with one attached hydrogen (secondary N) is 1. The Morgan fingerprint density at radius 2 is 1.91 bits per heavy atom. The Morgan fingerprint density at radius 1 is 1.12 bits per heavy atom. The van der Waals surface area contributed by atoms with Crippen LogP contribution in [0.5, 0.6) is 0 Å².